The van der Waals surface area contributed by atoms with Gasteiger partial charge in [-0.05, 0) is 37.1 Å². The fourth-order valence-electron chi connectivity index (χ4n) is 1.92. The summed E-state index contributed by atoms with van der Waals surface area (Å²) in [6.45, 7) is 5.22. The van der Waals surface area contributed by atoms with Crippen molar-refractivity contribution in [3.8, 4) is 5.75 Å². The fraction of sp³-hybridized carbons (Fsp3) is 0.571. The molecule has 3 heteroatoms. The van der Waals surface area contributed by atoms with Crippen LogP contribution in [-0.4, -0.2) is 22.8 Å². The predicted molar refractivity (Wildman–Crippen MR) is 70.1 cm³/mol. The maximum Gasteiger partial charge on any atom is 0.115 e. The molecule has 1 aromatic carbocycles. The average Bonchev–Trinajstić information content (AvgIpc) is 2.82. The van der Waals surface area contributed by atoms with Crippen molar-refractivity contribution in [2.45, 2.75) is 45.3 Å². The monoisotopic (exact) mass is 237 g/mol. The molecule has 17 heavy (non-hydrogen) atoms. The highest BCUT2D eigenvalue weighted by atomic mass is 16.3. The highest BCUT2D eigenvalue weighted by Gasteiger charge is 2.23. The summed E-state index contributed by atoms with van der Waals surface area (Å²) in [5.74, 6) is 0.208. The molecule has 2 unspecified atom stereocenters. The molecule has 0 bridgehead atoms. The summed E-state index contributed by atoms with van der Waals surface area (Å²) in [5.41, 5.74) is 0.782. The molecule has 0 aliphatic carbocycles. The number of hydrogen-bond acceptors (Lipinski definition) is 3. The molecule has 1 aliphatic rings. The zero-order valence-corrected chi connectivity index (χ0v) is 10.7. The first-order chi connectivity index (χ1) is 8.19. The Morgan fingerprint density at radius 3 is 2.65 bits per heavy atom. The van der Waals surface area contributed by atoms with Crippen molar-refractivity contribution >= 4 is 0 Å². The highest BCUT2D eigenvalue weighted by molar-refractivity contribution is 5.29. The van der Waals surface area contributed by atoms with E-state index in [0.717, 1.165) is 24.9 Å². The largest absolute Gasteiger partial charge is 0.508 e. The molecule has 0 spiro atoms. The van der Waals surface area contributed by atoms with Gasteiger partial charge in [0.15, 0.2) is 0 Å². The predicted octanol–water partition coefficient (Wildman–Crippen LogP) is 2.59. The van der Waals surface area contributed by atoms with Crippen molar-refractivity contribution in [2.24, 2.45) is 0 Å². The quantitative estimate of drug-likeness (QED) is 0.741. The van der Waals surface area contributed by atoms with Gasteiger partial charge in [-0.15, -0.1) is 0 Å². The van der Waals surface area contributed by atoms with Gasteiger partial charge in [-0.1, -0.05) is 32.4 Å². The van der Waals surface area contributed by atoms with Gasteiger partial charge in [0.05, 0.1) is 6.10 Å². The zero-order valence-electron chi connectivity index (χ0n) is 10.7. The Kier molecular flexibility index (Phi) is 6.01. The van der Waals surface area contributed by atoms with Crippen molar-refractivity contribution in [3.05, 3.63) is 29.8 Å². The van der Waals surface area contributed by atoms with Gasteiger partial charge >= 0.3 is 0 Å². The summed E-state index contributed by atoms with van der Waals surface area (Å²) in [6, 6.07) is 6.95. The number of phenolic OH excluding ortho intramolecular Hbond substituents is 1. The number of hydrogen-bond donors (Lipinski definition) is 3. The lowest BCUT2D eigenvalue weighted by Crippen LogP contribution is -2.28. The third-order valence-electron chi connectivity index (χ3n) is 2.69. The number of aliphatic hydroxyl groups excluding tert-OH is 1. The number of aromatic hydroxyl groups is 1. The summed E-state index contributed by atoms with van der Waals surface area (Å²) in [4.78, 5) is 0. The van der Waals surface area contributed by atoms with E-state index in [-0.39, 0.29) is 11.8 Å². The maximum atomic E-state index is 9.97. The summed E-state index contributed by atoms with van der Waals surface area (Å²) in [6.07, 6.45) is 2.85. The minimum absolute atomic E-state index is 0.136. The van der Waals surface area contributed by atoms with Crippen LogP contribution in [0.3, 0.4) is 0 Å². The lowest BCUT2D eigenvalue weighted by atomic mass is 10.0. The van der Waals surface area contributed by atoms with E-state index in [0.29, 0.717) is 0 Å². The molecule has 1 aliphatic heterocycles. The van der Waals surface area contributed by atoms with E-state index in [9.17, 15) is 10.2 Å². The molecule has 2 rings (SSSR count). The molecule has 1 fully saturated rings. The van der Waals surface area contributed by atoms with E-state index >= 15 is 0 Å². The fourth-order valence-corrected chi connectivity index (χ4v) is 1.92. The molecule has 0 saturated carbocycles. The van der Waals surface area contributed by atoms with Gasteiger partial charge in [0.2, 0.25) is 0 Å². The number of rotatable bonds is 2. The Hall–Kier alpha value is -1.06. The van der Waals surface area contributed by atoms with Crippen LogP contribution in [0.2, 0.25) is 0 Å². The third kappa shape index (κ3) is 4.36. The molecule has 0 radical (unpaired) electrons. The third-order valence-corrected chi connectivity index (χ3v) is 2.69. The Bertz CT molecular complexity index is 322. The van der Waals surface area contributed by atoms with Crippen LogP contribution >= 0.6 is 0 Å². The molecular weight excluding hydrogens is 214 g/mol. The van der Waals surface area contributed by atoms with E-state index < -0.39 is 6.10 Å². The van der Waals surface area contributed by atoms with Gasteiger partial charge in [-0.25, -0.2) is 0 Å². The summed E-state index contributed by atoms with van der Waals surface area (Å²) < 4.78 is 0. The van der Waals surface area contributed by atoms with Crippen LogP contribution in [0.15, 0.2) is 24.3 Å². The first kappa shape index (κ1) is 14.0. The van der Waals surface area contributed by atoms with Crippen LogP contribution in [0, 0.1) is 0 Å². The minimum Gasteiger partial charge on any atom is -0.508 e. The standard InChI is InChI=1S/C11H15NO2.C3H8/c13-9-4-1-3-8(7-9)11(14)10-5-2-6-12-10;1-3-2/h1,3-4,7,10-14H,2,5-6H2;3H2,1-2H3. The maximum absolute atomic E-state index is 9.97. The van der Waals surface area contributed by atoms with Crippen molar-refractivity contribution < 1.29 is 10.2 Å². The number of benzene rings is 1. The van der Waals surface area contributed by atoms with Gasteiger partial charge in [-0.2, -0.15) is 0 Å². The minimum atomic E-state index is -0.510. The van der Waals surface area contributed by atoms with Crippen molar-refractivity contribution in [1.82, 2.24) is 5.32 Å². The Morgan fingerprint density at radius 1 is 1.41 bits per heavy atom. The van der Waals surface area contributed by atoms with Crippen LogP contribution in [0.4, 0.5) is 0 Å². The van der Waals surface area contributed by atoms with Crippen LogP contribution in [-0.2, 0) is 0 Å². The van der Waals surface area contributed by atoms with Gasteiger partial charge in [0, 0.05) is 6.04 Å². The second-order valence-corrected chi connectivity index (χ2v) is 4.45. The molecule has 0 amide bonds. The van der Waals surface area contributed by atoms with Crippen molar-refractivity contribution in [2.75, 3.05) is 6.54 Å². The Morgan fingerprint density at radius 2 is 2.12 bits per heavy atom. The molecule has 1 saturated heterocycles. The van der Waals surface area contributed by atoms with Crippen LogP contribution in [0.25, 0.3) is 0 Å². The lowest BCUT2D eigenvalue weighted by molar-refractivity contribution is 0.137. The van der Waals surface area contributed by atoms with Crippen LogP contribution < -0.4 is 5.32 Å². The van der Waals surface area contributed by atoms with Gasteiger partial charge in [0.1, 0.15) is 5.75 Å². The van der Waals surface area contributed by atoms with E-state index in [4.69, 9.17) is 0 Å². The molecule has 1 heterocycles. The second kappa shape index (κ2) is 7.30. The Balaban J connectivity index is 0.000000437. The smallest absolute Gasteiger partial charge is 0.115 e. The van der Waals surface area contributed by atoms with Crippen LogP contribution in [0.5, 0.6) is 5.75 Å². The summed E-state index contributed by atoms with van der Waals surface area (Å²) in [5, 5.41) is 22.5. The number of aliphatic hydroxyl groups is 1. The van der Waals surface area contributed by atoms with Crippen molar-refractivity contribution in [3.63, 3.8) is 0 Å². The van der Waals surface area contributed by atoms with Crippen molar-refractivity contribution in [1.29, 1.82) is 0 Å². The molecule has 3 nitrogen and oxygen atoms in total. The lowest BCUT2D eigenvalue weighted by Gasteiger charge is -2.18. The normalized spacial score (nSPS) is 20.5. The number of nitrogens with one attached hydrogen (secondary N) is 1. The molecule has 96 valence electrons. The van der Waals surface area contributed by atoms with Gasteiger partial charge in [-0.3, -0.25) is 0 Å². The van der Waals surface area contributed by atoms with E-state index in [1.165, 1.54) is 6.42 Å². The van der Waals surface area contributed by atoms with Gasteiger partial charge in [0.25, 0.3) is 0 Å². The first-order valence-corrected chi connectivity index (χ1v) is 6.39. The topological polar surface area (TPSA) is 52.5 Å². The SMILES string of the molecule is CCC.Oc1cccc(C(O)C2CCCN2)c1. The Labute approximate surface area is 103 Å². The molecule has 0 aromatic heterocycles. The summed E-state index contributed by atoms with van der Waals surface area (Å²) >= 11 is 0. The molecule has 1 aromatic rings. The molecule has 3 N–H and O–H groups in total. The molecular formula is C14H23NO2. The van der Waals surface area contributed by atoms with E-state index in [1.807, 2.05) is 6.07 Å². The summed E-state index contributed by atoms with van der Waals surface area (Å²) in [7, 11) is 0. The van der Waals surface area contributed by atoms with Gasteiger partial charge < -0.3 is 15.5 Å². The van der Waals surface area contributed by atoms with E-state index in [1.54, 1.807) is 18.2 Å². The molecule has 2 atom stereocenters. The van der Waals surface area contributed by atoms with Crippen LogP contribution in [0.1, 0.15) is 44.8 Å². The highest BCUT2D eigenvalue weighted by Crippen LogP contribution is 2.24. The number of phenols is 1. The average molecular weight is 237 g/mol. The zero-order chi connectivity index (χ0) is 12.7. The first-order valence-electron chi connectivity index (χ1n) is 6.39. The van der Waals surface area contributed by atoms with E-state index in [2.05, 4.69) is 19.2 Å². The second-order valence-electron chi connectivity index (χ2n) is 4.45.